The second-order valence-electron chi connectivity index (χ2n) is 3.79. The molecule has 0 aliphatic carbocycles. The summed E-state index contributed by atoms with van der Waals surface area (Å²) in [6.07, 6.45) is -1.45. The maximum Gasteiger partial charge on any atom is 0.190 e. The van der Waals surface area contributed by atoms with Crippen molar-refractivity contribution in [1.29, 1.82) is 0 Å². The van der Waals surface area contributed by atoms with Crippen molar-refractivity contribution in [3.8, 4) is 0 Å². The molecule has 0 aromatic rings. The van der Waals surface area contributed by atoms with Gasteiger partial charge in [0, 0.05) is 4.43 Å². The van der Waals surface area contributed by atoms with E-state index in [1.807, 2.05) is 13.8 Å². The number of alkyl halides is 1. The standard InChI is InChI=1S/C8H13IO4/c1-8(2)12-6-5(10)4(3-9)11-7(6)13-8/h4-7,10H,3H2,1-2H3/t4-,5-,6-,7+/m0/s1. The summed E-state index contributed by atoms with van der Waals surface area (Å²) in [7, 11) is 0. The van der Waals surface area contributed by atoms with Crippen LogP contribution in [0.2, 0.25) is 0 Å². The van der Waals surface area contributed by atoms with Crippen molar-refractivity contribution in [1.82, 2.24) is 0 Å². The highest BCUT2D eigenvalue weighted by Gasteiger charge is 2.53. The van der Waals surface area contributed by atoms with Crippen molar-refractivity contribution in [2.75, 3.05) is 4.43 Å². The van der Waals surface area contributed by atoms with E-state index in [4.69, 9.17) is 14.2 Å². The molecule has 0 aromatic heterocycles. The normalized spacial score (nSPS) is 48.0. The smallest absolute Gasteiger partial charge is 0.190 e. The minimum absolute atomic E-state index is 0.160. The molecule has 5 heteroatoms. The van der Waals surface area contributed by atoms with Gasteiger partial charge in [-0.1, -0.05) is 22.6 Å². The molecule has 2 rings (SSSR count). The van der Waals surface area contributed by atoms with Gasteiger partial charge in [-0.15, -0.1) is 0 Å². The monoisotopic (exact) mass is 300 g/mol. The number of aliphatic hydroxyl groups is 1. The van der Waals surface area contributed by atoms with Gasteiger partial charge in [0.05, 0.1) is 6.10 Å². The highest BCUT2D eigenvalue weighted by atomic mass is 127. The van der Waals surface area contributed by atoms with Crippen LogP contribution >= 0.6 is 22.6 Å². The number of hydrogen-bond acceptors (Lipinski definition) is 4. The first-order valence-corrected chi connectivity index (χ1v) is 5.81. The summed E-state index contributed by atoms with van der Waals surface area (Å²) in [5, 5.41) is 9.76. The van der Waals surface area contributed by atoms with Crippen LogP contribution in [0.4, 0.5) is 0 Å². The van der Waals surface area contributed by atoms with Crippen molar-refractivity contribution >= 4 is 22.6 Å². The van der Waals surface area contributed by atoms with E-state index in [2.05, 4.69) is 22.6 Å². The Morgan fingerprint density at radius 1 is 1.38 bits per heavy atom. The summed E-state index contributed by atoms with van der Waals surface area (Å²) in [5.74, 6) is -0.632. The van der Waals surface area contributed by atoms with Gasteiger partial charge in [-0.25, -0.2) is 0 Å². The average molecular weight is 300 g/mol. The predicted octanol–water partition coefficient (Wildman–Crippen LogP) is 0.659. The number of ether oxygens (including phenoxy) is 3. The van der Waals surface area contributed by atoms with Crippen LogP contribution in [0.1, 0.15) is 13.8 Å². The lowest BCUT2D eigenvalue weighted by Gasteiger charge is -2.21. The minimum Gasteiger partial charge on any atom is -0.387 e. The fraction of sp³-hybridized carbons (Fsp3) is 1.00. The van der Waals surface area contributed by atoms with Crippen LogP contribution < -0.4 is 0 Å². The highest BCUT2D eigenvalue weighted by Crippen LogP contribution is 2.37. The van der Waals surface area contributed by atoms with Gasteiger partial charge < -0.3 is 19.3 Å². The molecule has 0 aromatic carbocycles. The van der Waals surface area contributed by atoms with Crippen molar-refractivity contribution in [2.45, 2.75) is 44.2 Å². The summed E-state index contributed by atoms with van der Waals surface area (Å²) in [4.78, 5) is 0. The number of halogens is 1. The van der Waals surface area contributed by atoms with E-state index in [0.717, 1.165) is 4.43 Å². The zero-order valence-corrected chi connectivity index (χ0v) is 9.72. The van der Waals surface area contributed by atoms with Crippen LogP contribution in [-0.2, 0) is 14.2 Å². The Balaban J connectivity index is 2.07. The van der Waals surface area contributed by atoms with Gasteiger partial charge in [0.15, 0.2) is 12.1 Å². The van der Waals surface area contributed by atoms with Gasteiger partial charge in [-0.2, -0.15) is 0 Å². The fourth-order valence-corrected chi connectivity index (χ4v) is 2.41. The molecule has 0 saturated carbocycles. The van der Waals surface area contributed by atoms with Crippen molar-refractivity contribution < 1.29 is 19.3 Å². The largest absolute Gasteiger partial charge is 0.387 e. The van der Waals surface area contributed by atoms with Crippen LogP contribution in [0.5, 0.6) is 0 Å². The first-order valence-electron chi connectivity index (χ1n) is 4.28. The predicted molar refractivity (Wildman–Crippen MR) is 53.6 cm³/mol. The van der Waals surface area contributed by atoms with Gasteiger partial charge in [0.2, 0.25) is 0 Å². The van der Waals surface area contributed by atoms with E-state index in [9.17, 15) is 5.11 Å². The fourth-order valence-electron chi connectivity index (χ4n) is 1.69. The van der Waals surface area contributed by atoms with Crippen LogP contribution in [-0.4, -0.2) is 39.9 Å². The van der Waals surface area contributed by atoms with Gasteiger partial charge in [0.25, 0.3) is 0 Å². The number of fused-ring (bicyclic) bond motifs is 1. The van der Waals surface area contributed by atoms with Gasteiger partial charge in [-0.05, 0) is 13.8 Å². The van der Waals surface area contributed by atoms with Crippen LogP contribution in [0.15, 0.2) is 0 Å². The maximum atomic E-state index is 9.76. The lowest BCUT2D eigenvalue weighted by Crippen LogP contribution is -2.35. The molecule has 0 amide bonds. The molecule has 4 atom stereocenters. The molecule has 0 radical (unpaired) electrons. The van der Waals surface area contributed by atoms with E-state index in [1.165, 1.54) is 0 Å². The van der Waals surface area contributed by atoms with E-state index in [0.29, 0.717) is 0 Å². The third kappa shape index (κ3) is 1.72. The van der Waals surface area contributed by atoms with Gasteiger partial charge in [0.1, 0.15) is 12.2 Å². The highest BCUT2D eigenvalue weighted by molar-refractivity contribution is 14.1. The maximum absolute atomic E-state index is 9.76. The topological polar surface area (TPSA) is 47.9 Å². The molecule has 1 N–H and O–H groups in total. The van der Waals surface area contributed by atoms with Crippen molar-refractivity contribution in [3.63, 3.8) is 0 Å². The molecular formula is C8H13IO4. The van der Waals surface area contributed by atoms with E-state index < -0.39 is 18.2 Å². The summed E-state index contributed by atoms with van der Waals surface area (Å²) in [6, 6.07) is 0. The van der Waals surface area contributed by atoms with Crippen molar-refractivity contribution in [2.24, 2.45) is 0 Å². The van der Waals surface area contributed by atoms with Crippen LogP contribution in [0, 0.1) is 0 Å². The van der Waals surface area contributed by atoms with E-state index in [1.54, 1.807) is 0 Å². The SMILES string of the molecule is CC1(C)O[C@H]2O[C@@H](CI)[C@H](O)[C@@H]2O1. The second kappa shape index (κ2) is 3.30. The minimum atomic E-state index is -0.632. The molecule has 4 nitrogen and oxygen atoms in total. The third-order valence-corrected chi connectivity index (χ3v) is 3.13. The molecule has 0 spiro atoms. The molecular weight excluding hydrogens is 287 g/mol. The zero-order valence-electron chi connectivity index (χ0n) is 7.57. The molecule has 76 valence electrons. The third-order valence-electron chi connectivity index (χ3n) is 2.27. The number of rotatable bonds is 1. The summed E-state index contributed by atoms with van der Waals surface area (Å²) < 4.78 is 17.2. The second-order valence-corrected chi connectivity index (χ2v) is 4.67. The number of hydrogen-bond donors (Lipinski definition) is 1. The Morgan fingerprint density at radius 2 is 2.08 bits per heavy atom. The van der Waals surface area contributed by atoms with E-state index in [-0.39, 0.29) is 12.2 Å². The first kappa shape index (κ1) is 10.1. The Morgan fingerprint density at radius 3 is 2.62 bits per heavy atom. The molecule has 2 heterocycles. The van der Waals surface area contributed by atoms with Crippen molar-refractivity contribution in [3.05, 3.63) is 0 Å². The molecule has 2 saturated heterocycles. The lowest BCUT2D eigenvalue weighted by atomic mass is 10.2. The van der Waals surface area contributed by atoms with Crippen LogP contribution in [0.3, 0.4) is 0 Å². The molecule has 0 bridgehead atoms. The molecule has 0 unspecified atom stereocenters. The molecule has 2 aliphatic rings. The van der Waals surface area contributed by atoms with Gasteiger partial charge >= 0.3 is 0 Å². The Hall–Kier alpha value is 0.570. The Kier molecular flexibility index (Phi) is 2.57. The quantitative estimate of drug-likeness (QED) is 0.571. The lowest BCUT2D eigenvalue weighted by molar-refractivity contribution is -0.211. The molecule has 2 fully saturated rings. The number of aliphatic hydroxyl groups excluding tert-OH is 1. The Labute approximate surface area is 90.7 Å². The first-order chi connectivity index (χ1) is 6.03. The van der Waals surface area contributed by atoms with Crippen LogP contribution in [0.25, 0.3) is 0 Å². The zero-order chi connectivity index (χ0) is 9.64. The van der Waals surface area contributed by atoms with Gasteiger partial charge in [-0.3, -0.25) is 0 Å². The molecule has 13 heavy (non-hydrogen) atoms. The average Bonchev–Trinajstić information content (AvgIpc) is 2.47. The molecule has 2 aliphatic heterocycles. The summed E-state index contributed by atoms with van der Waals surface area (Å²) in [6.45, 7) is 3.64. The summed E-state index contributed by atoms with van der Waals surface area (Å²) in [5.41, 5.74) is 0. The van der Waals surface area contributed by atoms with E-state index >= 15 is 0 Å². The summed E-state index contributed by atoms with van der Waals surface area (Å²) >= 11 is 2.18. The Bertz CT molecular complexity index is 208.